The Kier molecular flexibility index (Phi) is 6.82. The van der Waals surface area contributed by atoms with E-state index >= 15 is 0 Å². The lowest BCUT2D eigenvalue weighted by Crippen LogP contribution is -2.14. The molecule has 1 atom stereocenters. The number of carbonyl (C=O) groups excluding carboxylic acids is 2. The summed E-state index contributed by atoms with van der Waals surface area (Å²) >= 11 is 1.46. The fourth-order valence-corrected chi connectivity index (χ4v) is 4.10. The van der Waals surface area contributed by atoms with Crippen LogP contribution >= 0.6 is 11.3 Å². The van der Waals surface area contributed by atoms with E-state index in [-0.39, 0.29) is 17.2 Å². The summed E-state index contributed by atoms with van der Waals surface area (Å²) in [6.45, 7) is 12.8. The van der Waals surface area contributed by atoms with Gasteiger partial charge >= 0.3 is 5.97 Å². The van der Waals surface area contributed by atoms with E-state index in [0.29, 0.717) is 22.7 Å². The van der Waals surface area contributed by atoms with Crippen LogP contribution in [0.2, 0.25) is 0 Å². The Morgan fingerprint density at radius 1 is 1.19 bits per heavy atom. The molecule has 5 heteroatoms. The Morgan fingerprint density at radius 2 is 1.81 bits per heavy atom. The average molecular weight is 388 g/mol. The van der Waals surface area contributed by atoms with Crippen LogP contribution in [-0.2, 0) is 4.74 Å². The lowest BCUT2D eigenvalue weighted by atomic mass is 9.85. The van der Waals surface area contributed by atoms with E-state index in [4.69, 9.17) is 4.74 Å². The van der Waals surface area contributed by atoms with E-state index < -0.39 is 5.97 Å². The number of esters is 1. The van der Waals surface area contributed by atoms with Gasteiger partial charge in [0.2, 0.25) is 0 Å². The van der Waals surface area contributed by atoms with Gasteiger partial charge in [-0.25, -0.2) is 4.79 Å². The van der Waals surface area contributed by atoms with Gasteiger partial charge in [-0.2, -0.15) is 0 Å². The van der Waals surface area contributed by atoms with Crippen molar-refractivity contribution in [1.29, 1.82) is 0 Å². The second-order valence-electron chi connectivity index (χ2n) is 8.10. The number of carbonyl (C=O) groups is 2. The van der Waals surface area contributed by atoms with Crippen LogP contribution in [0.15, 0.2) is 30.3 Å². The van der Waals surface area contributed by atoms with E-state index in [1.807, 2.05) is 25.1 Å². The molecule has 1 aromatic heterocycles. The fraction of sp³-hybridized carbons (Fsp3) is 0.455. The number of hydrogen-bond acceptors (Lipinski definition) is 4. The van der Waals surface area contributed by atoms with Gasteiger partial charge in [-0.15, -0.1) is 11.3 Å². The number of amides is 1. The first-order valence-electron chi connectivity index (χ1n) is 9.29. The molecule has 27 heavy (non-hydrogen) atoms. The monoisotopic (exact) mass is 387 g/mol. The number of hydrogen-bond donors (Lipinski definition) is 1. The van der Waals surface area contributed by atoms with Crippen molar-refractivity contribution in [3.8, 4) is 0 Å². The predicted molar refractivity (Wildman–Crippen MR) is 112 cm³/mol. The molecule has 1 aromatic carbocycles. The molecule has 0 unspecified atom stereocenters. The van der Waals surface area contributed by atoms with Crippen molar-refractivity contribution >= 4 is 28.2 Å². The van der Waals surface area contributed by atoms with Crippen molar-refractivity contribution in [3.05, 3.63) is 51.9 Å². The molecule has 0 aliphatic carbocycles. The lowest BCUT2D eigenvalue weighted by molar-refractivity contribution is 0.0528. The number of anilines is 1. The van der Waals surface area contributed by atoms with Crippen LogP contribution < -0.4 is 5.32 Å². The molecule has 0 aliphatic rings. The topological polar surface area (TPSA) is 55.4 Å². The molecular formula is C22H29NO3S. The number of aryl methyl sites for hydroxylation is 1. The summed E-state index contributed by atoms with van der Waals surface area (Å²) in [4.78, 5) is 26.1. The van der Waals surface area contributed by atoms with Crippen molar-refractivity contribution in [2.45, 2.75) is 53.9 Å². The molecule has 0 fully saturated rings. The summed E-state index contributed by atoms with van der Waals surface area (Å²) in [6.07, 6.45) is 0.987. The Labute approximate surface area is 165 Å². The second-order valence-corrected chi connectivity index (χ2v) is 9.18. The van der Waals surface area contributed by atoms with Gasteiger partial charge in [0.15, 0.2) is 0 Å². The minimum atomic E-state index is -0.401. The Morgan fingerprint density at radius 3 is 2.37 bits per heavy atom. The van der Waals surface area contributed by atoms with Gasteiger partial charge in [-0.3, -0.25) is 4.79 Å². The summed E-state index contributed by atoms with van der Waals surface area (Å²) in [7, 11) is 0. The summed E-state index contributed by atoms with van der Waals surface area (Å²) < 4.78 is 5.18. The maximum atomic E-state index is 12.6. The summed E-state index contributed by atoms with van der Waals surface area (Å²) in [5, 5.41) is 3.45. The molecule has 1 amide bonds. The molecular weight excluding hydrogens is 358 g/mol. The minimum Gasteiger partial charge on any atom is -0.462 e. The predicted octanol–water partition coefficient (Wildman–Crippen LogP) is 6.03. The molecule has 0 saturated carbocycles. The van der Waals surface area contributed by atoms with Gasteiger partial charge in [0.05, 0.1) is 12.2 Å². The summed E-state index contributed by atoms with van der Waals surface area (Å²) in [6, 6.07) is 9.22. The van der Waals surface area contributed by atoms with E-state index in [9.17, 15) is 9.59 Å². The highest BCUT2D eigenvalue weighted by Crippen LogP contribution is 2.38. The van der Waals surface area contributed by atoms with Crippen molar-refractivity contribution in [1.82, 2.24) is 0 Å². The SMILES string of the molecule is CCOC(=O)c1cc([C@@H](C)CC(C)(C)C)sc1NC(=O)c1ccc(C)cc1. The molecule has 0 radical (unpaired) electrons. The second kappa shape index (κ2) is 8.70. The van der Waals surface area contributed by atoms with E-state index in [1.165, 1.54) is 11.3 Å². The van der Waals surface area contributed by atoms with Crippen molar-refractivity contribution < 1.29 is 14.3 Å². The van der Waals surface area contributed by atoms with Crippen molar-refractivity contribution in [2.24, 2.45) is 5.41 Å². The van der Waals surface area contributed by atoms with E-state index in [2.05, 4.69) is 33.0 Å². The number of benzene rings is 1. The van der Waals surface area contributed by atoms with Crippen LogP contribution in [0.25, 0.3) is 0 Å². The van der Waals surface area contributed by atoms with Gasteiger partial charge in [0.1, 0.15) is 5.00 Å². The van der Waals surface area contributed by atoms with Crippen LogP contribution in [-0.4, -0.2) is 18.5 Å². The molecule has 2 rings (SSSR count). The third-order valence-electron chi connectivity index (χ3n) is 4.19. The molecule has 0 bridgehead atoms. The number of ether oxygens (including phenoxy) is 1. The highest BCUT2D eigenvalue weighted by atomic mass is 32.1. The Hall–Kier alpha value is -2.14. The van der Waals surface area contributed by atoms with Gasteiger partial charge in [0, 0.05) is 10.4 Å². The van der Waals surface area contributed by atoms with Crippen molar-refractivity contribution in [2.75, 3.05) is 11.9 Å². The van der Waals surface area contributed by atoms with Crippen LogP contribution in [0.5, 0.6) is 0 Å². The molecule has 0 saturated heterocycles. The first-order valence-corrected chi connectivity index (χ1v) is 10.1. The standard InChI is InChI=1S/C22H29NO3S/c1-7-26-21(25)17-12-18(15(3)13-22(4,5)6)27-20(17)23-19(24)16-10-8-14(2)9-11-16/h8-12,15H,7,13H2,1-6H3,(H,23,24)/t15-/m0/s1. The highest BCUT2D eigenvalue weighted by Gasteiger charge is 2.24. The zero-order valence-electron chi connectivity index (χ0n) is 17.0. The normalized spacial score (nSPS) is 12.5. The first kappa shape index (κ1) is 21.2. The largest absolute Gasteiger partial charge is 0.462 e. The number of rotatable bonds is 6. The highest BCUT2D eigenvalue weighted by molar-refractivity contribution is 7.16. The van der Waals surface area contributed by atoms with Crippen LogP contribution in [0, 0.1) is 12.3 Å². The first-order chi connectivity index (χ1) is 12.6. The maximum Gasteiger partial charge on any atom is 0.341 e. The molecule has 2 aromatic rings. The molecule has 1 N–H and O–H groups in total. The molecule has 4 nitrogen and oxygen atoms in total. The number of thiophene rings is 1. The minimum absolute atomic E-state index is 0.179. The van der Waals surface area contributed by atoms with Crippen LogP contribution in [0.1, 0.15) is 78.1 Å². The quantitative estimate of drug-likeness (QED) is 0.616. The maximum absolute atomic E-state index is 12.6. The smallest absolute Gasteiger partial charge is 0.341 e. The van der Waals surface area contributed by atoms with Gasteiger partial charge in [-0.05, 0) is 49.8 Å². The molecule has 1 heterocycles. The fourth-order valence-electron chi connectivity index (χ4n) is 3.01. The van der Waals surface area contributed by atoms with E-state index in [0.717, 1.165) is 16.9 Å². The third kappa shape index (κ3) is 5.93. The van der Waals surface area contributed by atoms with E-state index in [1.54, 1.807) is 19.1 Å². The van der Waals surface area contributed by atoms with Crippen LogP contribution in [0.4, 0.5) is 5.00 Å². The molecule has 0 spiro atoms. The van der Waals surface area contributed by atoms with Crippen LogP contribution in [0.3, 0.4) is 0 Å². The lowest BCUT2D eigenvalue weighted by Gasteiger charge is -2.22. The zero-order chi connectivity index (χ0) is 20.2. The average Bonchev–Trinajstić information content (AvgIpc) is 2.98. The summed E-state index contributed by atoms with van der Waals surface area (Å²) in [5.41, 5.74) is 2.26. The van der Waals surface area contributed by atoms with Crippen molar-refractivity contribution in [3.63, 3.8) is 0 Å². The Balaban J connectivity index is 2.30. The molecule has 146 valence electrons. The Bertz CT molecular complexity index is 800. The van der Waals surface area contributed by atoms with Gasteiger partial charge in [0.25, 0.3) is 5.91 Å². The summed E-state index contributed by atoms with van der Waals surface area (Å²) in [5.74, 6) is -0.340. The van der Waals surface area contributed by atoms with Gasteiger partial charge < -0.3 is 10.1 Å². The third-order valence-corrected chi connectivity index (χ3v) is 5.47. The molecule has 0 aliphatic heterocycles. The van der Waals surface area contributed by atoms with Gasteiger partial charge in [-0.1, -0.05) is 45.4 Å². The zero-order valence-corrected chi connectivity index (χ0v) is 17.8. The number of nitrogens with one attached hydrogen (secondary N) is 1.